The molecule has 1 saturated heterocycles. The van der Waals surface area contributed by atoms with Crippen molar-refractivity contribution in [2.24, 2.45) is 4.99 Å². The molecule has 2 N–H and O–H groups in total. The summed E-state index contributed by atoms with van der Waals surface area (Å²) in [5.74, 6) is 1.67. The summed E-state index contributed by atoms with van der Waals surface area (Å²) in [4.78, 5) is 31.2. The average Bonchev–Trinajstić information content (AvgIpc) is 3.04. The predicted octanol–water partition coefficient (Wildman–Crippen LogP) is 1.86. The Bertz CT molecular complexity index is 1170. The van der Waals surface area contributed by atoms with Crippen LogP contribution in [0.4, 0.5) is 5.69 Å². The number of anilines is 1. The van der Waals surface area contributed by atoms with Gasteiger partial charge in [-0.15, -0.1) is 0 Å². The number of hydrogen-bond donors (Lipinski definition) is 2. The maximum absolute atomic E-state index is 12.6. The molecule has 162 valence electrons. The van der Waals surface area contributed by atoms with Gasteiger partial charge in [-0.1, -0.05) is 12.1 Å². The van der Waals surface area contributed by atoms with Gasteiger partial charge in [0.2, 0.25) is 5.91 Å². The molecule has 0 saturated carbocycles. The Morgan fingerprint density at radius 2 is 1.90 bits per heavy atom. The Morgan fingerprint density at radius 1 is 1.16 bits per heavy atom. The van der Waals surface area contributed by atoms with E-state index in [-0.39, 0.29) is 29.1 Å². The fourth-order valence-corrected chi connectivity index (χ4v) is 5.63. The van der Waals surface area contributed by atoms with E-state index >= 15 is 0 Å². The monoisotopic (exact) mass is 458 g/mol. The molecule has 4 rings (SSSR count). The lowest BCUT2D eigenvalue weighted by atomic mass is 10.1. The number of benzene rings is 2. The van der Waals surface area contributed by atoms with Crippen molar-refractivity contribution in [2.45, 2.75) is 11.8 Å². The highest BCUT2D eigenvalue weighted by Crippen LogP contribution is 2.22. The SMILES string of the molecule is Cc1cc(C(=O)N2CCSCC2)ccc1NC(=O)CN=C1NS(=O)(=O)c2ccccc21. The third-order valence-electron chi connectivity index (χ3n) is 5.09. The zero-order valence-corrected chi connectivity index (χ0v) is 18.6. The van der Waals surface area contributed by atoms with Gasteiger partial charge in [-0.05, 0) is 42.8 Å². The number of nitrogens with zero attached hydrogens (tertiary/aromatic N) is 2. The number of amidine groups is 1. The summed E-state index contributed by atoms with van der Waals surface area (Å²) >= 11 is 1.84. The molecule has 0 unspecified atom stereocenters. The van der Waals surface area contributed by atoms with Crippen molar-refractivity contribution in [1.82, 2.24) is 9.62 Å². The topological polar surface area (TPSA) is 108 Å². The summed E-state index contributed by atoms with van der Waals surface area (Å²) in [7, 11) is -3.64. The zero-order valence-electron chi connectivity index (χ0n) is 16.9. The summed E-state index contributed by atoms with van der Waals surface area (Å²) in [5, 5.41) is 2.77. The first-order valence-corrected chi connectivity index (χ1v) is 12.4. The van der Waals surface area contributed by atoms with Crippen molar-refractivity contribution in [3.05, 3.63) is 59.2 Å². The van der Waals surface area contributed by atoms with E-state index in [0.29, 0.717) is 16.8 Å². The molecule has 31 heavy (non-hydrogen) atoms. The molecule has 0 bridgehead atoms. The summed E-state index contributed by atoms with van der Waals surface area (Å²) in [6, 6.07) is 11.7. The highest BCUT2D eigenvalue weighted by atomic mass is 32.2. The van der Waals surface area contributed by atoms with Gasteiger partial charge in [-0.25, -0.2) is 8.42 Å². The lowest BCUT2D eigenvalue weighted by Gasteiger charge is -2.26. The largest absolute Gasteiger partial charge is 0.337 e. The average molecular weight is 459 g/mol. The first-order chi connectivity index (χ1) is 14.8. The fraction of sp³-hybridized carbons (Fsp3) is 0.286. The summed E-state index contributed by atoms with van der Waals surface area (Å²) < 4.78 is 26.6. The van der Waals surface area contributed by atoms with E-state index in [2.05, 4.69) is 15.0 Å². The zero-order chi connectivity index (χ0) is 22.0. The van der Waals surface area contributed by atoms with Gasteiger partial charge in [0, 0.05) is 41.4 Å². The number of thioether (sulfide) groups is 1. The maximum atomic E-state index is 12.6. The lowest BCUT2D eigenvalue weighted by Crippen LogP contribution is -2.37. The number of fused-ring (bicyclic) bond motifs is 1. The molecule has 0 aliphatic carbocycles. The van der Waals surface area contributed by atoms with Gasteiger partial charge in [-0.2, -0.15) is 11.8 Å². The molecule has 2 aromatic rings. The van der Waals surface area contributed by atoms with Crippen LogP contribution in [0.15, 0.2) is 52.4 Å². The van der Waals surface area contributed by atoms with E-state index in [1.165, 1.54) is 6.07 Å². The van der Waals surface area contributed by atoms with E-state index in [1.54, 1.807) is 36.4 Å². The number of amides is 2. The highest BCUT2D eigenvalue weighted by molar-refractivity contribution is 7.99. The molecule has 0 atom stereocenters. The number of hydrogen-bond acceptors (Lipinski definition) is 6. The van der Waals surface area contributed by atoms with Crippen LogP contribution in [0.1, 0.15) is 21.5 Å². The molecule has 10 heteroatoms. The summed E-state index contributed by atoms with van der Waals surface area (Å²) in [5.41, 5.74) is 2.40. The van der Waals surface area contributed by atoms with Gasteiger partial charge in [0.05, 0.1) is 4.90 Å². The summed E-state index contributed by atoms with van der Waals surface area (Å²) in [6.45, 7) is 3.08. The van der Waals surface area contributed by atoms with Crippen molar-refractivity contribution in [2.75, 3.05) is 36.5 Å². The highest BCUT2D eigenvalue weighted by Gasteiger charge is 2.30. The van der Waals surface area contributed by atoms with E-state index in [1.807, 2.05) is 23.6 Å². The van der Waals surface area contributed by atoms with Gasteiger partial charge in [0.1, 0.15) is 12.4 Å². The van der Waals surface area contributed by atoms with Gasteiger partial charge in [0.25, 0.3) is 15.9 Å². The third-order valence-corrected chi connectivity index (χ3v) is 7.43. The Hall–Kier alpha value is -2.85. The van der Waals surface area contributed by atoms with Gasteiger partial charge in [-0.3, -0.25) is 19.3 Å². The van der Waals surface area contributed by atoms with E-state index < -0.39 is 10.0 Å². The van der Waals surface area contributed by atoms with Crippen molar-refractivity contribution >= 4 is 45.1 Å². The van der Waals surface area contributed by atoms with Crippen LogP contribution in [0.2, 0.25) is 0 Å². The molecule has 1 fully saturated rings. The Kier molecular flexibility index (Phi) is 6.01. The number of rotatable bonds is 4. The smallest absolute Gasteiger partial charge is 0.263 e. The van der Waals surface area contributed by atoms with Crippen LogP contribution in [0.3, 0.4) is 0 Å². The molecule has 2 aliphatic rings. The van der Waals surface area contributed by atoms with Gasteiger partial charge < -0.3 is 10.2 Å². The van der Waals surface area contributed by atoms with Gasteiger partial charge >= 0.3 is 0 Å². The Balaban J connectivity index is 1.42. The first kappa shape index (κ1) is 21.4. The first-order valence-electron chi connectivity index (χ1n) is 9.79. The van der Waals surface area contributed by atoms with Crippen LogP contribution in [0.5, 0.6) is 0 Å². The van der Waals surface area contributed by atoms with Crippen LogP contribution in [-0.2, 0) is 14.8 Å². The molecular formula is C21H22N4O4S2. The molecule has 2 aromatic carbocycles. The second kappa shape index (κ2) is 8.72. The normalized spacial score (nSPS) is 18.4. The minimum Gasteiger partial charge on any atom is -0.337 e. The second-order valence-corrected chi connectivity index (χ2v) is 10.1. The maximum Gasteiger partial charge on any atom is 0.263 e. The van der Waals surface area contributed by atoms with Crippen molar-refractivity contribution < 1.29 is 18.0 Å². The third kappa shape index (κ3) is 4.59. The number of carbonyl (C=O) groups excluding carboxylic acids is 2. The van der Waals surface area contributed by atoms with Crippen molar-refractivity contribution in [3.8, 4) is 0 Å². The van der Waals surface area contributed by atoms with Crippen LogP contribution >= 0.6 is 11.8 Å². The Labute approximate surface area is 185 Å². The Morgan fingerprint density at radius 3 is 2.65 bits per heavy atom. The van der Waals surface area contributed by atoms with E-state index in [9.17, 15) is 18.0 Å². The molecule has 8 nitrogen and oxygen atoms in total. The minimum atomic E-state index is -3.64. The lowest BCUT2D eigenvalue weighted by molar-refractivity contribution is -0.114. The van der Waals surface area contributed by atoms with Crippen molar-refractivity contribution in [3.63, 3.8) is 0 Å². The molecule has 0 spiro atoms. The van der Waals surface area contributed by atoms with Crippen molar-refractivity contribution in [1.29, 1.82) is 0 Å². The number of aryl methyl sites for hydroxylation is 1. The summed E-state index contributed by atoms with van der Waals surface area (Å²) in [6.07, 6.45) is 0. The van der Waals surface area contributed by atoms with Crippen LogP contribution in [0, 0.1) is 6.92 Å². The molecule has 0 aromatic heterocycles. The number of aliphatic imine (C=N–C) groups is 1. The minimum absolute atomic E-state index is 0.000131. The second-order valence-electron chi connectivity index (χ2n) is 7.25. The molecule has 0 radical (unpaired) electrons. The van der Waals surface area contributed by atoms with Gasteiger partial charge in [0.15, 0.2) is 0 Å². The van der Waals surface area contributed by atoms with Crippen LogP contribution in [0.25, 0.3) is 0 Å². The predicted molar refractivity (Wildman–Crippen MR) is 121 cm³/mol. The number of sulfonamides is 1. The molecule has 2 amide bonds. The van der Waals surface area contributed by atoms with Crippen LogP contribution < -0.4 is 10.0 Å². The molecule has 2 heterocycles. The molecular weight excluding hydrogens is 436 g/mol. The molecule has 2 aliphatic heterocycles. The quantitative estimate of drug-likeness (QED) is 0.727. The number of nitrogens with one attached hydrogen (secondary N) is 2. The van der Waals surface area contributed by atoms with Crippen LogP contribution in [-0.4, -0.2) is 62.1 Å². The number of carbonyl (C=O) groups is 2. The standard InChI is InChI=1S/C21H22N4O4S2/c1-14-12-15(21(27)25-8-10-30-11-9-25)6-7-17(14)23-19(26)13-22-20-16-4-2-3-5-18(16)31(28,29)24-20/h2-7,12H,8-11,13H2,1H3,(H,22,24)(H,23,26). The fourth-order valence-electron chi connectivity index (χ4n) is 3.48. The van der Waals surface area contributed by atoms with E-state index in [0.717, 1.165) is 30.2 Å². The van der Waals surface area contributed by atoms with E-state index in [4.69, 9.17) is 0 Å².